The Labute approximate surface area is 89.5 Å². The van der Waals surface area contributed by atoms with Crippen LogP contribution in [0, 0.1) is 13.8 Å². The molecule has 1 N–H and O–H groups in total. The highest BCUT2D eigenvalue weighted by molar-refractivity contribution is 6.40. The Morgan fingerprint density at radius 1 is 1.20 bits per heavy atom. The summed E-state index contributed by atoms with van der Waals surface area (Å²) in [5.74, 6) is -0.924. The van der Waals surface area contributed by atoms with Crippen LogP contribution in [0.4, 0.5) is 5.69 Å². The summed E-state index contributed by atoms with van der Waals surface area (Å²) in [5, 5.41) is 2.64. The molecular weight excluding hydrogens is 190 g/mol. The highest BCUT2D eigenvalue weighted by Gasteiger charge is 2.13. The molecule has 0 aliphatic heterocycles. The Morgan fingerprint density at radius 3 is 2.20 bits per heavy atom. The number of para-hydroxylation sites is 1. The number of hydrogen-bond acceptors (Lipinski definition) is 2. The summed E-state index contributed by atoms with van der Waals surface area (Å²) in [4.78, 5) is 22.5. The molecule has 0 aliphatic rings. The fraction of sp³-hybridized carbons (Fsp3) is 0.333. The lowest BCUT2D eigenvalue weighted by molar-refractivity contribution is -0.134. The number of Topliss-reactive ketones (excluding diaryl/α,β-unsaturated/α-hetero) is 1. The van der Waals surface area contributed by atoms with E-state index < -0.39 is 11.7 Å². The summed E-state index contributed by atoms with van der Waals surface area (Å²) in [6.07, 6.45) is 0.233. The van der Waals surface area contributed by atoms with Crippen LogP contribution in [0.15, 0.2) is 18.2 Å². The molecule has 3 heteroatoms. The summed E-state index contributed by atoms with van der Waals surface area (Å²) in [6.45, 7) is 5.48. The van der Waals surface area contributed by atoms with Gasteiger partial charge < -0.3 is 5.32 Å². The molecule has 80 valence electrons. The number of aryl methyl sites for hydroxylation is 2. The van der Waals surface area contributed by atoms with Crippen LogP contribution in [0.5, 0.6) is 0 Å². The summed E-state index contributed by atoms with van der Waals surface area (Å²) >= 11 is 0. The van der Waals surface area contributed by atoms with Crippen molar-refractivity contribution in [3.05, 3.63) is 29.3 Å². The summed E-state index contributed by atoms with van der Waals surface area (Å²) in [7, 11) is 0. The fourth-order valence-corrected chi connectivity index (χ4v) is 1.36. The highest BCUT2D eigenvalue weighted by Crippen LogP contribution is 2.19. The Hall–Kier alpha value is -1.64. The number of anilines is 1. The molecule has 0 heterocycles. The van der Waals surface area contributed by atoms with Crippen molar-refractivity contribution in [1.82, 2.24) is 0 Å². The van der Waals surface area contributed by atoms with Crippen molar-refractivity contribution < 1.29 is 9.59 Å². The van der Waals surface area contributed by atoms with Gasteiger partial charge in [-0.25, -0.2) is 0 Å². The van der Waals surface area contributed by atoms with Gasteiger partial charge in [0.15, 0.2) is 0 Å². The molecule has 0 fully saturated rings. The molecule has 0 aliphatic carbocycles. The second kappa shape index (κ2) is 4.73. The van der Waals surface area contributed by atoms with Gasteiger partial charge in [-0.2, -0.15) is 0 Å². The van der Waals surface area contributed by atoms with E-state index in [0.717, 1.165) is 16.8 Å². The average Bonchev–Trinajstić information content (AvgIpc) is 2.22. The lowest BCUT2D eigenvalue weighted by Gasteiger charge is -2.10. The number of carbonyl (C=O) groups excluding carboxylic acids is 2. The predicted octanol–water partition coefficient (Wildman–Crippen LogP) is 2.22. The van der Waals surface area contributed by atoms with Gasteiger partial charge in [-0.1, -0.05) is 25.1 Å². The lowest BCUT2D eigenvalue weighted by atomic mass is 10.1. The first-order valence-electron chi connectivity index (χ1n) is 4.96. The number of benzene rings is 1. The van der Waals surface area contributed by atoms with Gasteiger partial charge in [0.1, 0.15) is 0 Å². The molecule has 0 saturated carbocycles. The highest BCUT2D eigenvalue weighted by atomic mass is 16.2. The predicted molar refractivity (Wildman–Crippen MR) is 59.8 cm³/mol. The first kappa shape index (κ1) is 11.4. The van der Waals surface area contributed by atoms with Crippen LogP contribution in [-0.4, -0.2) is 11.7 Å². The van der Waals surface area contributed by atoms with Gasteiger partial charge >= 0.3 is 0 Å². The van der Waals surface area contributed by atoms with Crippen molar-refractivity contribution in [3.63, 3.8) is 0 Å². The van der Waals surface area contributed by atoms with E-state index in [1.807, 2.05) is 32.0 Å². The van der Waals surface area contributed by atoms with Gasteiger partial charge in [0.05, 0.1) is 0 Å². The normalized spacial score (nSPS) is 9.80. The number of rotatable bonds is 3. The van der Waals surface area contributed by atoms with Crippen molar-refractivity contribution >= 4 is 17.4 Å². The smallest absolute Gasteiger partial charge is 0.291 e. The van der Waals surface area contributed by atoms with Crippen LogP contribution in [0.25, 0.3) is 0 Å². The maximum Gasteiger partial charge on any atom is 0.291 e. The standard InChI is InChI=1S/C12H15NO2/c1-4-10(14)12(15)13-11-8(2)6-5-7-9(11)3/h5-7H,4H2,1-3H3,(H,13,15). The van der Waals surface area contributed by atoms with E-state index in [2.05, 4.69) is 5.32 Å². The summed E-state index contributed by atoms with van der Waals surface area (Å²) in [6, 6.07) is 5.72. The minimum atomic E-state index is -0.532. The zero-order valence-corrected chi connectivity index (χ0v) is 9.26. The maximum atomic E-state index is 11.4. The first-order chi connectivity index (χ1) is 7.06. The minimum absolute atomic E-state index is 0.233. The quantitative estimate of drug-likeness (QED) is 0.769. The Morgan fingerprint density at radius 2 is 1.73 bits per heavy atom. The molecule has 0 radical (unpaired) electrons. The fourth-order valence-electron chi connectivity index (χ4n) is 1.36. The number of ketones is 1. The van der Waals surface area contributed by atoms with Crippen LogP contribution in [-0.2, 0) is 9.59 Å². The van der Waals surface area contributed by atoms with Crippen molar-refractivity contribution in [2.24, 2.45) is 0 Å². The van der Waals surface area contributed by atoms with Crippen LogP contribution >= 0.6 is 0 Å². The minimum Gasteiger partial charge on any atom is -0.319 e. The third kappa shape index (κ3) is 2.65. The Balaban J connectivity index is 2.90. The molecule has 0 saturated heterocycles. The Bertz CT molecular complexity index is 376. The van der Waals surface area contributed by atoms with Crippen molar-refractivity contribution in [1.29, 1.82) is 0 Å². The molecule has 0 unspecified atom stereocenters. The van der Waals surface area contributed by atoms with Crippen LogP contribution in [0.3, 0.4) is 0 Å². The van der Waals surface area contributed by atoms with Gasteiger partial charge in [0, 0.05) is 12.1 Å². The summed E-state index contributed by atoms with van der Waals surface area (Å²) in [5.41, 5.74) is 2.67. The molecule has 1 rings (SSSR count). The monoisotopic (exact) mass is 205 g/mol. The molecule has 1 aromatic carbocycles. The number of carbonyl (C=O) groups is 2. The van der Waals surface area contributed by atoms with Crippen LogP contribution in [0.1, 0.15) is 24.5 Å². The SMILES string of the molecule is CCC(=O)C(=O)Nc1c(C)cccc1C. The van der Waals surface area contributed by atoms with E-state index in [4.69, 9.17) is 0 Å². The van der Waals surface area contributed by atoms with E-state index in [1.165, 1.54) is 0 Å². The van der Waals surface area contributed by atoms with E-state index in [9.17, 15) is 9.59 Å². The maximum absolute atomic E-state index is 11.4. The molecule has 15 heavy (non-hydrogen) atoms. The molecule has 0 spiro atoms. The topological polar surface area (TPSA) is 46.2 Å². The lowest BCUT2D eigenvalue weighted by Crippen LogP contribution is -2.22. The van der Waals surface area contributed by atoms with Crippen LogP contribution < -0.4 is 5.32 Å². The molecule has 1 amide bonds. The number of nitrogens with one attached hydrogen (secondary N) is 1. The molecular formula is C12H15NO2. The zero-order valence-electron chi connectivity index (χ0n) is 9.26. The van der Waals surface area contributed by atoms with Gasteiger partial charge in [0.2, 0.25) is 5.78 Å². The van der Waals surface area contributed by atoms with Crippen LogP contribution in [0.2, 0.25) is 0 Å². The van der Waals surface area contributed by atoms with E-state index in [0.29, 0.717) is 0 Å². The molecule has 0 bridgehead atoms. The van der Waals surface area contributed by atoms with Crippen molar-refractivity contribution in [2.45, 2.75) is 27.2 Å². The van der Waals surface area contributed by atoms with Gasteiger partial charge in [-0.3, -0.25) is 9.59 Å². The first-order valence-corrected chi connectivity index (χ1v) is 4.96. The van der Waals surface area contributed by atoms with Gasteiger partial charge in [-0.15, -0.1) is 0 Å². The van der Waals surface area contributed by atoms with Crippen molar-refractivity contribution in [3.8, 4) is 0 Å². The van der Waals surface area contributed by atoms with E-state index in [1.54, 1.807) is 6.92 Å². The average molecular weight is 205 g/mol. The zero-order chi connectivity index (χ0) is 11.4. The molecule has 0 aromatic heterocycles. The van der Waals surface area contributed by atoms with Crippen molar-refractivity contribution in [2.75, 3.05) is 5.32 Å². The van der Waals surface area contributed by atoms with Gasteiger partial charge in [-0.05, 0) is 25.0 Å². The number of hydrogen-bond donors (Lipinski definition) is 1. The molecule has 0 atom stereocenters. The summed E-state index contributed by atoms with van der Waals surface area (Å²) < 4.78 is 0. The second-order valence-corrected chi connectivity index (χ2v) is 3.50. The largest absolute Gasteiger partial charge is 0.319 e. The van der Waals surface area contributed by atoms with E-state index in [-0.39, 0.29) is 6.42 Å². The molecule has 1 aromatic rings. The Kier molecular flexibility index (Phi) is 3.61. The third-order valence-corrected chi connectivity index (χ3v) is 2.29. The second-order valence-electron chi connectivity index (χ2n) is 3.50. The third-order valence-electron chi connectivity index (χ3n) is 2.29. The number of amides is 1. The van der Waals surface area contributed by atoms with E-state index >= 15 is 0 Å². The molecule has 3 nitrogen and oxygen atoms in total. The van der Waals surface area contributed by atoms with Gasteiger partial charge in [0.25, 0.3) is 5.91 Å².